The van der Waals surface area contributed by atoms with E-state index in [4.69, 9.17) is 9.63 Å². The van der Waals surface area contributed by atoms with Crippen LogP contribution in [0.15, 0.2) is 20.8 Å². The van der Waals surface area contributed by atoms with Gasteiger partial charge in [0.1, 0.15) is 11.5 Å². The molecule has 0 atom stereocenters. The van der Waals surface area contributed by atoms with Crippen LogP contribution in [0.25, 0.3) is 0 Å². The van der Waals surface area contributed by atoms with Gasteiger partial charge in [-0.25, -0.2) is 0 Å². The van der Waals surface area contributed by atoms with Crippen molar-refractivity contribution in [2.45, 2.75) is 51.4 Å². The van der Waals surface area contributed by atoms with Crippen LogP contribution in [0.3, 0.4) is 0 Å². The van der Waals surface area contributed by atoms with Gasteiger partial charge in [-0.15, -0.1) is 0 Å². The van der Waals surface area contributed by atoms with E-state index in [0.717, 1.165) is 6.42 Å². The summed E-state index contributed by atoms with van der Waals surface area (Å²) in [5.41, 5.74) is 1.92. The van der Waals surface area contributed by atoms with Crippen LogP contribution < -0.4 is 0 Å². The summed E-state index contributed by atoms with van der Waals surface area (Å²) in [6.07, 6.45) is 4.20. The lowest BCUT2D eigenvalue weighted by molar-refractivity contribution is -0.115. The van der Waals surface area contributed by atoms with Crippen molar-refractivity contribution in [3.8, 4) is 0 Å². The van der Waals surface area contributed by atoms with Crippen LogP contribution in [0, 0.1) is 0 Å². The van der Waals surface area contributed by atoms with E-state index >= 15 is 0 Å². The van der Waals surface area contributed by atoms with Gasteiger partial charge in [0.15, 0.2) is 11.6 Å². The van der Waals surface area contributed by atoms with E-state index in [1.54, 1.807) is 0 Å². The molecule has 1 aromatic heterocycles. The third-order valence-corrected chi connectivity index (χ3v) is 4.59. The van der Waals surface area contributed by atoms with Crippen LogP contribution in [0.5, 0.6) is 0 Å². The number of aliphatic hydroxyl groups excluding tert-OH is 2. The molecule has 0 aliphatic heterocycles. The van der Waals surface area contributed by atoms with E-state index in [2.05, 4.69) is 10.1 Å². The lowest BCUT2D eigenvalue weighted by Gasteiger charge is -2.17. The molecule has 0 bridgehead atoms. The van der Waals surface area contributed by atoms with Crippen molar-refractivity contribution in [3.63, 3.8) is 0 Å². The van der Waals surface area contributed by atoms with E-state index < -0.39 is 0 Å². The van der Waals surface area contributed by atoms with E-state index in [1.807, 2.05) is 0 Å². The molecule has 1 aromatic rings. The Morgan fingerprint density at radius 2 is 1.88 bits per heavy atom. The summed E-state index contributed by atoms with van der Waals surface area (Å²) < 4.78 is 5.24. The number of hydrogen-bond donors (Lipinski definition) is 2. The van der Waals surface area contributed by atoms with Gasteiger partial charge in [0.25, 0.3) is 0 Å². The van der Waals surface area contributed by atoms with Crippen LogP contribution in [0.2, 0.25) is 0 Å². The monoisotopic (exact) mass is 346 g/mol. The highest BCUT2D eigenvalue weighted by Gasteiger charge is 2.28. The molecule has 7 heteroatoms. The number of aliphatic imine (C=N–C) groups is 1. The van der Waals surface area contributed by atoms with Crippen molar-refractivity contribution < 1.29 is 24.3 Å². The molecule has 0 aromatic carbocycles. The Hall–Kier alpha value is -2.28. The second-order valence-electron chi connectivity index (χ2n) is 6.35. The molecule has 1 fully saturated rings. The number of nitrogens with zero attached hydrogens (tertiary/aromatic N) is 2. The average molecular weight is 346 g/mol. The van der Waals surface area contributed by atoms with Gasteiger partial charge in [-0.05, 0) is 19.3 Å². The second kappa shape index (κ2) is 7.74. The molecular weight excluding hydrogens is 324 g/mol. The summed E-state index contributed by atoms with van der Waals surface area (Å²) >= 11 is 0. The molecule has 0 spiro atoms. The number of carbonyl (C=O) groups is 2. The molecular formula is C18H22N2O5. The van der Waals surface area contributed by atoms with Crippen molar-refractivity contribution in [2.75, 3.05) is 13.2 Å². The highest BCUT2D eigenvalue weighted by atomic mass is 16.5. The topological polar surface area (TPSA) is 113 Å². The predicted octanol–water partition coefficient (Wildman–Crippen LogP) is 2.12. The quantitative estimate of drug-likeness (QED) is 0.624. The van der Waals surface area contributed by atoms with E-state index in [9.17, 15) is 14.7 Å². The van der Waals surface area contributed by atoms with Crippen molar-refractivity contribution in [1.29, 1.82) is 0 Å². The van der Waals surface area contributed by atoms with E-state index in [-0.39, 0.29) is 42.5 Å². The summed E-state index contributed by atoms with van der Waals surface area (Å²) in [5.74, 6) is 0.501. The summed E-state index contributed by atoms with van der Waals surface area (Å²) in [4.78, 5) is 28.5. The number of Topliss-reactive ketones (excluding diaryl/α,β-unsaturated/α-hetero) is 2. The van der Waals surface area contributed by atoms with Crippen molar-refractivity contribution in [2.24, 2.45) is 4.99 Å². The average Bonchev–Trinajstić information content (AvgIpc) is 3.02. The third-order valence-electron chi connectivity index (χ3n) is 4.59. The maximum Gasteiger partial charge on any atom is 0.168 e. The second-order valence-corrected chi connectivity index (χ2v) is 6.35. The standard InChI is InChI=1S/C18H22N2O5/c21-10-9-19-11-3-1-4-13(22)17(11)15(24)8-7-12-18-14(23)5-2-6-16(18)25-20-12/h21,24H,1-10H2/b17-15+,19-11?. The maximum atomic E-state index is 12.2. The Morgan fingerprint density at radius 1 is 1.12 bits per heavy atom. The molecule has 1 heterocycles. The zero-order valence-electron chi connectivity index (χ0n) is 14.1. The van der Waals surface area contributed by atoms with Crippen molar-refractivity contribution >= 4 is 17.3 Å². The minimum absolute atomic E-state index is 0.0265. The van der Waals surface area contributed by atoms with Gasteiger partial charge >= 0.3 is 0 Å². The van der Waals surface area contributed by atoms with Crippen LogP contribution in [0.1, 0.15) is 60.3 Å². The zero-order valence-corrected chi connectivity index (χ0v) is 14.1. The van der Waals surface area contributed by atoms with Gasteiger partial charge in [-0.2, -0.15) is 0 Å². The largest absolute Gasteiger partial charge is 0.511 e. The highest BCUT2D eigenvalue weighted by Crippen LogP contribution is 2.27. The molecule has 134 valence electrons. The van der Waals surface area contributed by atoms with Crippen molar-refractivity contribution in [1.82, 2.24) is 5.16 Å². The number of aryl methyl sites for hydroxylation is 2. The summed E-state index contributed by atoms with van der Waals surface area (Å²) in [6.45, 7) is 0.115. The van der Waals surface area contributed by atoms with Crippen molar-refractivity contribution in [3.05, 3.63) is 28.3 Å². The fourth-order valence-corrected chi connectivity index (χ4v) is 3.41. The first-order valence-corrected chi connectivity index (χ1v) is 8.72. The number of carbonyl (C=O) groups excluding carboxylic acids is 2. The Kier molecular flexibility index (Phi) is 5.43. The number of ketones is 2. The number of aliphatic hydroxyl groups is 2. The molecule has 0 amide bonds. The smallest absolute Gasteiger partial charge is 0.168 e. The molecule has 2 N–H and O–H groups in total. The third kappa shape index (κ3) is 3.71. The maximum absolute atomic E-state index is 12.2. The first-order valence-electron chi connectivity index (χ1n) is 8.72. The minimum Gasteiger partial charge on any atom is -0.511 e. The summed E-state index contributed by atoms with van der Waals surface area (Å²) in [5, 5.41) is 23.4. The number of aromatic nitrogens is 1. The lowest BCUT2D eigenvalue weighted by Crippen LogP contribution is -2.22. The molecule has 3 rings (SSSR count). The van der Waals surface area contributed by atoms with Gasteiger partial charge in [0, 0.05) is 37.8 Å². The normalized spacial score (nSPS) is 21.6. The fraction of sp³-hybridized carbons (Fsp3) is 0.556. The summed E-state index contributed by atoms with van der Waals surface area (Å²) in [6, 6.07) is 0. The molecule has 0 unspecified atom stereocenters. The first-order chi connectivity index (χ1) is 12.1. The Labute approximate surface area is 145 Å². The predicted molar refractivity (Wildman–Crippen MR) is 90.0 cm³/mol. The van der Waals surface area contributed by atoms with Gasteiger partial charge in [-0.1, -0.05) is 5.16 Å². The van der Waals surface area contributed by atoms with Crippen LogP contribution in [-0.2, 0) is 17.6 Å². The minimum atomic E-state index is -0.126. The molecule has 2 aliphatic carbocycles. The molecule has 1 saturated carbocycles. The Balaban J connectivity index is 1.79. The lowest BCUT2D eigenvalue weighted by atomic mass is 9.89. The molecule has 7 nitrogen and oxygen atoms in total. The van der Waals surface area contributed by atoms with Crippen LogP contribution in [-0.4, -0.2) is 45.8 Å². The van der Waals surface area contributed by atoms with E-state index in [0.29, 0.717) is 61.3 Å². The molecule has 0 saturated heterocycles. The van der Waals surface area contributed by atoms with Gasteiger partial charge < -0.3 is 14.7 Å². The Bertz CT molecular complexity index is 745. The first kappa shape index (κ1) is 17.5. The van der Waals surface area contributed by atoms with Crippen LogP contribution in [0.4, 0.5) is 0 Å². The van der Waals surface area contributed by atoms with E-state index in [1.165, 1.54) is 0 Å². The van der Waals surface area contributed by atoms with Gasteiger partial charge in [0.2, 0.25) is 0 Å². The highest BCUT2D eigenvalue weighted by molar-refractivity contribution is 6.24. The number of allylic oxidation sites excluding steroid dienone is 2. The zero-order chi connectivity index (χ0) is 17.8. The Morgan fingerprint density at radius 3 is 2.68 bits per heavy atom. The fourth-order valence-electron chi connectivity index (χ4n) is 3.41. The van der Waals surface area contributed by atoms with Gasteiger partial charge in [0.05, 0.1) is 30.0 Å². The molecule has 2 aliphatic rings. The molecule has 25 heavy (non-hydrogen) atoms. The SMILES string of the molecule is O=C1CCCC(=NCCO)/C1=C(\O)CCc1noc2c1C(=O)CCC2. The number of fused-ring (bicyclic) bond motifs is 1. The number of hydrogen-bond acceptors (Lipinski definition) is 7. The van der Waals surface area contributed by atoms with Crippen LogP contribution >= 0.6 is 0 Å². The number of rotatable bonds is 5. The molecule has 0 radical (unpaired) electrons. The summed E-state index contributed by atoms with van der Waals surface area (Å²) in [7, 11) is 0. The van der Waals surface area contributed by atoms with Gasteiger partial charge in [-0.3, -0.25) is 14.6 Å².